The van der Waals surface area contributed by atoms with E-state index in [4.69, 9.17) is 52.7 Å². The Hall–Kier alpha value is -8.02. The van der Waals surface area contributed by atoms with Gasteiger partial charge in [-0.25, -0.2) is 14.6 Å². The maximum Gasteiger partial charge on any atom is 0.437 e. The molecule has 0 radical (unpaired) electrons. The van der Waals surface area contributed by atoms with E-state index in [1.807, 2.05) is 59.7 Å². The average Bonchev–Trinajstić information content (AvgIpc) is 3.39. The van der Waals surface area contributed by atoms with Crippen LogP contribution in [0.2, 0.25) is 10.0 Å². The molecule has 4 aromatic heterocycles. The molecule has 0 atom stereocenters. The van der Waals surface area contributed by atoms with Crippen molar-refractivity contribution in [1.29, 1.82) is 10.5 Å². The standard InChI is InChI=1S/C25H19BrClN5O4.C15H16BrNO2.C12H5ClF3N3O2/c1-15-23(36-21-8-17(11-28)7-18(27)9-21)25(34)31(14-29-15)13-19-10-22(26)24(33)32(30-19)12-16-3-5-20(35-2)6-4-16;1-3-11-8-14(16)15(18)17(9-11)10-12-4-6-13(19-2)7-5-12;13-7-1-6(4-17)2-8(3-7)21-9-10(12(14,15)16)18-5-19-11(9)20/h3-10,14H,12-13H2,1-2H3;4-9H,3,10H2,1-2H3;1-3,5H,(H,18,19,20). The van der Waals surface area contributed by atoms with Crippen LogP contribution in [0.1, 0.15) is 51.8 Å². The number of nitrogens with one attached hydrogen (secondary N) is 1. The van der Waals surface area contributed by atoms with E-state index < -0.39 is 28.7 Å². The Bertz CT molecular complexity index is 3730. The van der Waals surface area contributed by atoms with E-state index in [0.717, 1.165) is 34.9 Å². The maximum absolute atomic E-state index is 13.2. The Balaban J connectivity index is 0.000000200. The lowest BCUT2D eigenvalue weighted by atomic mass is 10.2. The molecule has 0 bridgehead atoms. The van der Waals surface area contributed by atoms with Gasteiger partial charge in [0, 0.05) is 16.2 Å². The minimum absolute atomic E-state index is 0.00530. The van der Waals surface area contributed by atoms with Gasteiger partial charge in [0.2, 0.25) is 11.5 Å². The van der Waals surface area contributed by atoms with Crippen LogP contribution >= 0.6 is 55.1 Å². The second kappa shape index (κ2) is 26.0. The largest absolute Gasteiger partial charge is 0.497 e. The zero-order chi connectivity index (χ0) is 55.3. The van der Waals surface area contributed by atoms with Crippen molar-refractivity contribution in [2.75, 3.05) is 14.2 Å². The molecule has 0 unspecified atom stereocenters. The predicted molar refractivity (Wildman–Crippen MR) is 283 cm³/mol. The van der Waals surface area contributed by atoms with Gasteiger partial charge in [-0.15, -0.1) is 0 Å². The summed E-state index contributed by atoms with van der Waals surface area (Å²) < 4.78 is 64.6. The molecule has 8 rings (SSSR count). The molecule has 24 heteroatoms. The van der Waals surface area contributed by atoms with Gasteiger partial charge in [-0.1, -0.05) is 54.4 Å². The number of rotatable bonds is 13. The molecule has 17 nitrogen and oxygen atoms in total. The second-order valence-electron chi connectivity index (χ2n) is 15.9. The van der Waals surface area contributed by atoms with E-state index in [-0.39, 0.29) is 52.0 Å². The molecule has 76 heavy (non-hydrogen) atoms. The first-order valence-corrected chi connectivity index (χ1v) is 24.5. The number of pyridine rings is 1. The summed E-state index contributed by atoms with van der Waals surface area (Å²) in [7, 11) is 3.22. The van der Waals surface area contributed by atoms with E-state index in [0.29, 0.717) is 49.5 Å². The first-order chi connectivity index (χ1) is 36.2. The van der Waals surface area contributed by atoms with Crippen molar-refractivity contribution in [3.8, 4) is 46.6 Å². The number of nitriles is 2. The van der Waals surface area contributed by atoms with Gasteiger partial charge in [-0.2, -0.15) is 28.8 Å². The molecule has 0 aliphatic rings. The number of aromatic amines is 1. The van der Waals surface area contributed by atoms with Gasteiger partial charge in [0.05, 0.1) is 90.1 Å². The third kappa shape index (κ3) is 15.3. The number of H-pyrrole nitrogens is 1. The van der Waals surface area contributed by atoms with Crippen molar-refractivity contribution < 1.29 is 32.1 Å². The summed E-state index contributed by atoms with van der Waals surface area (Å²) in [4.78, 5) is 58.7. The molecule has 390 valence electrons. The molecule has 0 spiro atoms. The zero-order valence-electron chi connectivity index (χ0n) is 40.3. The smallest absolute Gasteiger partial charge is 0.437 e. The number of alkyl halides is 3. The molecule has 0 saturated carbocycles. The number of nitrogens with zero attached hydrogens (tertiary/aromatic N) is 8. The molecule has 4 aromatic carbocycles. The predicted octanol–water partition coefficient (Wildman–Crippen LogP) is 10.6. The lowest BCUT2D eigenvalue weighted by Gasteiger charge is -2.13. The third-order valence-electron chi connectivity index (χ3n) is 10.5. The summed E-state index contributed by atoms with van der Waals surface area (Å²) in [5, 5.41) is 22.8. The number of ether oxygens (including phenoxy) is 4. The lowest BCUT2D eigenvalue weighted by molar-refractivity contribution is -0.142. The van der Waals surface area contributed by atoms with Gasteiger partial charge in [0.1, 0.15) is 23.0 Å². The lowest BCUT2D eigenvalue weighted by Crippen LogP contribution is -2.28. The summed E-state index contributed by atoms with van der Waals surface area (Å²) in [5.41, 5.74) is 0.943. The van der Waals surface area contributed by atoms with Crippen molar-refractivity contribution in [1.82, 2.24) is 33.9 Å². The summed E-state index contributed by atoms with van der Waals surface area (Å²) in [6, 6.07) is 30.4. The van der Waals surface area contributed by atoms with Crippen molar-refractivity contribution in [3.05, 3.63) is 221 Å². The fraction of sp³-hybridized carbons (Fsp3) is 0.173. The van der Waals surface area contributed by atoms with Gasteiger partial charge >= 0.3 is 6.18 Å². The molecule has 8 aromatic rings. The molecular formula is C52H40Br2Cl2F3N9O8. The van der Waals surface area contributed by atoms with Crippen molar-refractivity contribution in [2.45, 2.75) is 46.1 Å². The van der Waals surface area contributed by atoms with Crippen LogP contribution in [0, 0.1) is 29.6 Å². The second-order valence-corrected chi connectivity index (χ2v) is 18.5. The van der Waals surface area contributed by atoms with Crippen LogP contribution in [0.5, 0.6) is 34.5 Å². The van der Waals surface area contributed by atoms with E-state index in [2.05, 4.69) is 53.9 Å². The molecule has 0 amide bonds. The Labute approximate surface area is 457 Å². The molecule has 0 aliphatic heterocycles. The van der Waals surface area contributed by atoms with Gasteiger partial charge in [-0.3, -0.25) is 23.7 Å². The first-order valence-electron chi connectivity index (χ1n) is 22.1. The van der Waals surface area contributed by atoms with Crippen LogP contribution in [0.25, 0.3) is 0 Å². The van der Waals surface area contributed by atoms with E-state index in [1.54, 1.807) is 50.0 Å². The summed E-state index contributed by atoms with van der Waals surface area (Å²) >= 11 is 18.4. The van der Waals surface area contributed by atoms with Crippen LogP contribution < -0.4 is 41.2 Å². The van der Waals surface area contributed by atoms with Crippen molar-refractivity contribution in [3.63, 3.8) is 0 Å². The van der Waals surface area contributed by atoms with Crippen molar-refractivity contribution in [2.24, 2.45) is 0 Å². The molecule has 4 heterocycles. The highest BCUT2D eigenvalue weighted by Gasteiger charge is 2.38. The average molecular weight is 1210 g/mol. The fourth-order valence-electron chi connectivity index (χ4n) is 6.79. The highest BCUT2D eigenvalue weighted by atomic mass is 79.9. The summed E-state index contributed by atoms with van der Waals surface area (Å²) in [6.45, 7) is 4.56. The highest BCUT2D eigenvalue weighted by Crippen LogP contribution is 2.35. The number of benzene rings is 4. The Kier molecular flexibility index (Phi) is 19.6. The Morgan fingerprint density at radius 3 is 1.72 bits per heavy atom. The Morgan fingerprint density at radius 2 is 1.20 bits per heavy atom. The molecule has 0 aliphatic carbocycles. The normalized spacial score (nSPS) is 10.7. The minimum atomic E-state index is -4.86. The Morgan fingerprint density at radius 1 is 0.658 bits per heavy atom. The summed E-state index contributed by atoms with van der Waals surface area (Å²) in [5.74, 6) is 0.570. The van der Waals surface area contributed by atoms with Gasteiger partial charge < -0.3 is 28.5 Å². The van der Waals surface area contributed by atoms with Crippen LogP contribution in [0.3, 0.4) is 0 Å². The molecular weight excluding hydrogens is 1170 g/mol. The van der Waals surface area contributed by atoms with Gasteiger partial charge in [-0.05, 0) is 135 Å². The van der Waals surface area contributed by atoms with Crippen LogP contribution in [0.4, 0.5) is 13.2 Å². The number of aromatic nitrogens is 7. The monoisotopic (exact) mass is 1200 g/mol. The number of methoxy groups -OCH3 is 2. The van der Waals surface area contributed by atoms with E-state index in [1.165, 1.54) is 45.9 Å². The zero-order valence-corrected chi connectivity index (χ0v) is 45.0. The van der Waals surface area contributed by atoms with Crippen LogP contribution in [-0.2, 0) is 32.2 Å². The first kappa shape index (κ1) is 57.3. The number of hydrogen-bond acceptors (Lipinski definition) is 13. The molecule has 1 N–H and O–H groups in total. The van der Waals surface area contributed by atoms with Crippen LogP contribution in [-0.4, -0.2) is 48.1 Å². The highest BCUT2D eigenvalue weighted by molar-refractivity contribution is 9.10. The number of hydrogen-bond donors (Lipinski definition) is 1. The van der Waals surface area contributed by atoms with E-state index in [9.17, 15) is 32.3 Å². The topological polar surface area (TPSA) is 222 Å². The number of aryl methyl sites for hydroxylation is 2. The van der Waals surface area contributed by atoms with E-state index >= 15 is 0 Å². The quantitative estimate of drug-likeness (QED) is 0.114. The number of halogens is 7. The van der Waals surface area contributed by atoms with Gasteiger partial charge in [0.15, 0.2) is 5.69 Å². The fourth-order valence-corrected chi connectivity index (χ4v) is 8.24. The van der Waals surface area contributed by atoms with Crippen molar-refractivity contribution >= 4 is 55.1 Å². The van der Waals surface area contributed by atoms with Gasteiger partial charge in [0.25, 0.3) is 22.2 Å². The van der Waals surface area contributed by atoms with Crippen LogP contribution in [0.15, 0.2) is 144 Å². The molecule has 0 fully saturated rings. The third-order valence-corrected chi connectivity index (χ3v) is 12.1. The maximum atomic E-state index is 13.2. The molecule has 0 saturated heterocycles. The minimum Gasteiger partial charge on any atom is -0.497 e. The summed E-state index contributed by atoms with van der Waals surface area (Å²) in [6.07, 6.45) is -0.0343. The SMILES string of the molecule is CCc1cc(Br)c(=O)n(Cc2ccc(OC)cc2)c1.COc1ccc(Cn2nc(Cn3cnc(C)c(Oc4cc(Cl)cc(C#N)c4)c3=O)cc(Br)c2=O)cc1.N#Cc1cc(Cl)cc(Oc2c(C(F)(F)F)nc[nH]c2=O)c1.